The molecule has 1 unspecified atom stereocenters. The summed E-state index contributed by atoms with van der Waals surface area (Å²) < 4.78 is 21.0. The lowest BCUT2D eigenvalue weighted by Crippen LogP contribution is -2.49. The lowest BCUT2D eigenvalue weighted by Gasteiger charge is -2.30. The van der Waals surface area contributed by atoms with E-state index >= 15 is 0 Å². The van der Waals surface area contributed by atoms with Crippen molar-refractivity contribution in [1.82, 2.24) is 4.72 Å². The van der Waals surface area contributed by atoms with Crippen molar-refractivity contribution in [3.63, 3.8) is 0 Å². The van der Waals surface area contributed by atoms with Crippen molar-refractivity contribution < 1.29 is 9.00 Å². The molecule has 1 fully saturated rings. The van der Waals surface area contributed by atoms with Crippen molar-refractivity contribution in [2.24, 2.45) is 10.1 Å². The molecule has 0 aromatic heterocycles. The zero-order valence-electron chi connectivity index (χ0n) is 14.9. The quantitative estimate of drug-likeness (QED) is 0.863. The summed E-state index contributed by atoms with van der Waals surface area (Å²) in [5, 5.41) is 0. The normalized spacial score (nSPS) is 22.4. The second-order valence-electron chi connectivity index (χ2n) is 6.77. The van der Waals surface area contributed by atoms with Gasteiger partial charge in [0.15, 0.2) is 0 Å². The Kier molecular flexibility index (Phi) is 5.86. The number of nitrogens with one attached hydrogen (secondary N) is 1. The monoisotopic (exact) mass is 371 g/mol. The van der Waals surface area contributed by atoms with E-state index in [1.165, 1.54) is 0 Å². The van der Waals surface area contributed by atoms with E-state index in [2.05, 4.69) is 9.08 Å². The second-order valence-corrected chi connectivity index (χ2v) is 8.72. The van der Waals surface area contributed by atoms with E-state index < -0.39 is 15.8 Å². The van der Waals surface area contributed by atoms with E-state index in [0.29, 0.717) is 10.5 Å². The lowest BCUT2D eigenvalue weighted by atomic mass is 9.92. The number of amides is 1. The number of aryl methyl sites for hydroxylation is 1. The van der Waals surface area contributed by atoms with Crippen LogP contribution in [0.2, 0.25) is 0 Å². The molecule has 0 aliphatic heterocycles. The van der Waals surface area contributed by atoms with E-state index in [1.54, 1.807) is 36.4 Å². The number of hydrogen-bond donors (Lipinski definition) is 2. The maximum atomic E-state index is 13.7. The predicted molar refractivity (Wildman–Crippen MR) is 104 cm³/mol. The third kappa shape index (κ3) is 4.38. The number of rotatable bonds is 4. The number of benzene rings is 2. The fourth-order valence-corrected chi connectivity index (χ4v) is 4.97. The van der Waals surface area contributed by atoms with Crippen LogP contribution in [0, 0.1) is 6.92 Å². The van der Waals surface area contributed by atoms with Crippen LogP contribution < -0.4 is 10.5 Å². The lowest BCUT2D eigenvalue weighted by molar-refractivity contribution is 0.100. The summed E-state index contributed by atoms with van der Waals surface area (Å²) in [6.07, 6.45) is 3.82. The molecule has 0 heterocycles. The minimum atomic E-state index is -3.12. The molecule has 1 saturated carbocycles. The molecule has 6 heteroatoms. The summed E-state index contributed by atoms with van der Waals surface area (Å²) in [5.74, 6) is -0.493. The van der Waals surface area contributed by atoms with E-state index in [1.807, 2.05) is 25.1 Å². The molecule has 0 saturated heterocycles. The van der Waals surface area contributed by atoms with E-state index in [9.17, 15) is 9.00 Å². The molecule has 1 aliphatic carbocycles. The van der Waals surface area contributed by atoms with Gasteiger partial charge in [0.25, 0.3) is 5.91 Å². The van der Waals surface area contributed by atoms with Gasteiger partial charge in [0.05, 0.1) is 4.90 Å². The van der Waals surface area contributed by atoms with Gasteiger partial charge in [-0.15, -0.1) is 4.36 Å². The highest BCUT2D eigenvalue weighted by atomic mass is 32.2. The Hall–Kier alpha value is -2.02. The van der Waals surface area contributed by atoms with Crippen LogP contribution in [0.5, 0.6) is 0 Å². The van der Waals surface area contributed by atoms with Crippen molar-refractivity contribution in [1.29, 1.82) is 0 Å². The Morgan fingerprint density at radius 1 is 1.08 bits per heavy atom. The standard InChI is InChI=1S/C20H25N3O2S/c1-15-11-13-17(14-12-15)26(25,22-19-10-6-5-9-18(19)21)23-20(24)16-7-3-2-4-8-16/h2-4,7-8,11-14,18-19H,5-6,9-10,21H2,1H3,(H,22,23,24,25)/t18-,19-,26?/m1/s1. The van der Waals surface area contributed by atoms with Crippen LogP contribution in [-0.4, -0.2) is 22.2 Å². The fraction of sp³-hybridized carbons (Fsp3) is 0.350. The fourth-order valence-electron chi connectivity index (χ4n) is 3.13. The van der Waals surface area contributed by atoms with Crippen LogP contribution in [0.1, 0.15) is 41.6 Å². The molecule has 3 N–H and O–H groups in total. The van der Waals surface area contributed by atoms with Crippen molar-refractivity contribution >= 4 is 15.8 Å². The number of carbonyl (C=O) groups is 1. The molecule has 2 aromatic carbocycles. The topological polar surface area (TPSA) is 84.5 Å². The Morgan fingerprint density at radius 2 is 1.73 bits per heavy atom. The smallest absolute Gasteiger partial charge is 0.286 e. The minimum Gasteiger partial charge on any atom is -0.326 e. The van der Waals surface area contributed by atoms with Gasteiger partial charge < -0.3 is 5.73 Å². The molecule has 0 radical (unpaired) electrons. The molecule has 2 aromatic rings. The van der Waals surface area contributed by atoms with Crippen LogP contribution in [0.25, 0.3) is 0 Å². The first-order chi connectivity index (χ1) is 12.5. The Labute approximate surface area is 155 Å². The largest absolute Gasteiger partial charge is 0.326 e. The van der Waals surface area contributed by atoms with Gasteiger partial charge in [-0.05, 0) is 44.0 Å². The van der Waals surface area contributed by atoms with Crippen LogP contribution in [-0.2, 0) is 9.92 Å². The molecule has 1 aliphatic rings. The van der Waals surface area contributed by atoms with E-state index in [-0.39, 0.29) is 12.1 Å². The molecule has 3 rings (SSSR count). The number of nitrogens with zero attached hydrogens (tertiary/aromatic N) is 1. The van der Waals surface area contributed by atoms with Gasteiger partial charge in [0.1, 0.15) is 9.92 Å². The van der Waals surface area contributed by atoms with Gasteiger partial charge in [-0.3, -0.25) is 4.79 Å². The third-order valence-electron chi connectivity index (χ3n) is 4.70. The third-order valence-corrected chi connectivity index (χ3v) is 6.66. The predicted octanol–water partition coefficient (Wildman–Crippen LogP) is 3.44. The van der Waals surface area contributed by atoms with Crippen LogP contribution in [0.3, 0.4) is 0 Å². The van der Waals surface area contributed by atoms with E-state index in [0.717, 1.165) is 31.2 Å². The van der Waals surface area contributed by atoms with Gasteiger partial charge in [-0.1, -0.05) is 48.7 Å². The highest BCUT2D eigenvalue weighted by Gasteiger charge is 2.27. The van der Waals surface area contributed by atoms with Gasteiger partial charge in [-0.2, -0.15) is 0 Å². The van der Waals surface area contributed by atoms with Gasteiger partial charge >= 0.3 is 0 Å². The van der Waals surface area contributed by atoms with Gasteiger partial charge in [0.2, 0.25) is 0 Å². The van der Waals surface area contributed by atoms with Crippen LogP contribution >= 0.6 is 0 Å². The first-order valence-electron chi connectivity index (χ1n) is 8.94. The number of hydrogen-bond acceptors (Lipinski definition) is 3. The average molecular weight is 372 g/mol. The molecule has 1 amide bonds. The highest BCUT2D eigenvalue weighted by molar-refractivity contribution is 7.92. The average Bonchev–Trinajstić information content (AvgIpc) is 2.65. The number of carbonyl (C=O) groups excluding carboxylic acids is 1. The highest BCUT2D eigenvalue weighted by Crippen LogP contribution is 2.21. The maximum Gasteiger partial charge on any atom is 0.286 e. The molecular weight excluding hydrogens is 346 g/mol. The molecule has 0 spiro atoms. The summed E-state index contributed by atoms with van der Waals surface area (Å²) in [4.78, 5) is 13.1. The molecule has 138 valence electrons. The van der Waals surface area contributed by atoms with Crippen LogP contribution in [0.4, 0.5) is 0 Å². The maximum absolute atomic E-state index is 13.7. The molecule has 0 bridgehead atoms. The molecule has 3 atom stereocenters. The Morgan fingerprint density at radius 3 is 2.38 bits per heavy atom. The van der Waals surface area contributed by atoms with Crippen molar-refractivity contribution in [3.8, 4) is 0 Å². The summed E-state index contributed by atoms with van der Waals surface area (Å²) in [6.45, 7) is 1.96. The second kappa shape index (κ2) is 8.12. The summed E-state index contributed by atoms with van der Waals surface area (Å²) in [7, 11) is -3.12. The van der Waals surface area contributed by atoms with Gasteiger partial charge in [0, 0.05) is 17.6 Å². The van der Waals surface area contributed by atoms with Crippen LogP contribution in [0.15, 0.2) is 63.9 Å². The SMILES string of the molecule is Cc1ccc(S(=O)(=NC(=O)c2ccccc2)N[C@@H]2CCCC[C@H]2N)cc1. The van der Waals surface area contributed by atoms with Gasteiger partial charge in [-0.25, -0.2) is 8.93 Å². The summed E-state index contributed by atoms with van der Waals surface area (Å²) in [5.41, 5.74) is 7.69. The Bertz CT molecular complexity index is 872. The molecule has 5 nitrogen and oxygen atoms in total. The minimum absolute atomic E-state index is 0.0861. The van der Waals surface area contributed by atoms with Crippen molar-refractivity contribution in [3.05, 3.63) is 65.7 Å². The first-order valence-corrected chi connectivity index (χ1v) is 10.5. The van der Waals surface area contributed by atoms with Crippen molar-refractivity contribution in [2.45, 2.75) is 49.6 Å². The van der Waals surface area contributed by atoms with Crippen molar-refractivity contribution in [2.75, 3.05) is 0 Å². The molecular formula is C20H25N3O2S. The summed E-state index contributed by atoms with van der Waals surface area (Å²) >= 11 is 0. The molecule has 26 heavy (non-hydrogen) atoms. The number of nitrogens with two attached hydrogens (primary N) is 1. The zero-order valence-corrected chi connectivity index (χ0v) is 15.7. The zero-order chi connectivity index (χ0) is 18.6. The first kappa shape index (κ1) is 18.8. The Balaban J connectivity index is 2.00. The summed E-state index contributed by atoms with van der Waals surface area (Å²) in [6, 6.07) is 15.8. The van der Waals surface area contributed by atoms with E-state index in [4.69, 9.17) is 5.73 Å².